The van der Waals surface area contributed by atoms with Crippen molar-refractivity contribution in [1.29, 1.82) is 0 Å². The van der Waals surface area contributed by atoms with Gasteiger partial charge in [0.1, 0.15) is 11.2 Å². The molecule has 2 heterocycles. The Morgan fingerprint density at radius 3 is 1.84 bits per heavy atom. The van der Waals surface area contributed by atoms with Gasteiger partial charge in [-0.05, 0) is 85.6 Å². The Labute approximate surface area is 324 Å². The van der Waals surface area contributed by atoms with E-state index in [1.807, 2.05) is 36.4 Å². The maximum atomic E-state index is 6.96. The summed E-state index contributed by atoms with van der Waals surface area (Å²) in [7, 11) is 0. The first-order valence-corrected chi connectivity index (χ1v) is 19.1. The van der Waals surface area contributed by atoms with Gasteiger partial charge in [0.25, 0.3) is 0 Å². The van der Waals surface area contributed by atoms with E-state index in [9.17, 15) is 0 Å². The summed E-state index contributed by atoms with van der Waals surface area (Å²) in [5.41, 5.74) is 14.1. The first-order valence-electron chi connectivity index (χ1n) is 19.1. The second kappa shape index (κ2) is 12.4. The Kier molecular flexibility index (Phi) is 7.17. The summed E-state index contributed by atoms with van der Waals surface area (Å²) in [5, 5.41) is 4.33. The zero-order valence-electron chi connectivity index (χ0n) is 31.0. The molecule has 0 bridgehead atoms. The number of fused-ring (bicyclic) bond motifs is 8. The van der Waals surface area contributed by atoms with Gasteiger partial charge in [-0.3, -0.25) is 0 Å². The molecule has 0 atom stereocenters. The highest BCUT2D eigenvalue weighted by Crippen LogP contribution is 2.50. The molecule has 0 amide bonds. The van der Waals surface area contributed by atoms with E-state index in [1.54, 1.807) is 0 Å². The van der Waals surface area contributed by atoms with E-state index in [4.69, 9.17) is 19.4 Å². The Bertz CT molecular complexity index is 3160. The molecular weight excluding hydrogens is 683 g/mol. The van der Waals surface area contributed by atoms with E-state index in [1.165, 1.54) is 22.3 Å². The lowest BCUT2D eigenvalue weighted by Gasteiger charge is -2.21. The Morgan fingerprint density at radius 1 is 0.393 bits per heavy atom. The molecule has 8 aromatic carbocycles. The van der Waals surface area contributed by atoms with Crippen molar-refractivity contribution in [3.8, 4) is 67.5 Å². The molecule has 0 fully saturated rings. The predicted octanol–water partition coefficient (Wildman–Crippen LogP) is 13.6. The molecule has 11 rings (SSSR count). The molecule has 0 saturated carbocycles. The van der Waals surface area contributed by atoms with Crippen molar-refractivity contribution in [2.24, 2.45) is 0 Å². The first kappa shape index (κ1) is 32.3. The molecule has 264 valence electrons. The quantitative estimate of drug-likeness (QED) is 0.178. The van der Waals surface area contributed by atoms with Crippen LogP contribution in [0.5, 0.6) is 0 Å². The van der Waals surface area contributed by atoms with Gasteiger partial charge in [-0.1, -0.05) is 159 Å². The van der Waals surface area contributed by atoms with Gasteiger partial charge in [0.15, 0.2) is 17.5 Å². The van der Waals surface area contributed by atoms with Gasteiger partial charge in [-0.2, -0.15) is 0 Å². The van der Waals surface area contributed by atoms with Gasteiger partial charge in [0, 0.05) is 27.3 Å². The van der Waals surface area contributed by atoms with Gasteiger partial charge < -0.3 is 4.42 Å². The van der Waals surface area contributed by atoms with Crippen LogP contribution in [0.2, 0.25) is 0 Å². The zero-order chi connectivity index (χ0) is 37.4. The van der Waals surface area contributed by atoms with Crippen molar-refractivity contribution in [3.05, 3.63) is 187 Å². The van der Waals surface area contributed by atoms with E-state index in [0.717, 1.165) is 71.7 Å². The van der Waals surface area contributed by atoms with Crippen LogP contribution in [-0.4, -0.2) is 15.0 Å². The summed E-state index contributed by atoms with van der Waals surface area (Å²) in [6, 6.07) is 61.9. The van der Waals surface area contributed by atoms with Crippen LogP contribution in [0.15, 0.2) is 180 Å². The molecule has 0 N–H and O–H groups in total. The molecule has 0 radical (unpaired) electrons. The lowest BCUT2D eigenvalue weighted by atomic mass is 9.82. The molecule has 0 aliphatic heterocycles. The second-order valence-corrected chi connectivity index (χ2v) is 15.2. The van der Waals surface area contributed by atoms with Gasteiger partial charge in [-0.15, -0.1) is 0 Å². The molecule has 4 nitrogen and oxygen atoms in total. The van der Waals surface area contributed by atoms with Crippen LogP contribution < -0.4 is 0 Å². The van der Waals surface area contributed by atoms with Crippen molar-refractivity contribution >= 4 is 32.7 Å². The van der Waals surface area contributed by atoms with Crippen LogP contribution in [0.4, 0.5) is 0 Å². The summed E-state index contributed by atoms with van der Waals surface area (Å²) in [6.45, 7) is 4.64. The third-order valence-corrected chi connectivity index (χ3v) is 11.5. The topological polar surface area (TPSA) is 51.8 Å². The van der Waals surface area contributed by atoms with Crippen LogP contribution in [0.3, 0.4) is 0 Å². The smallest absolute Gasteiger partial charge is 0.167 e. The van der Waals surface area contributed by atoms with Crippen molar-refractivity contribution in [3.63, 3.8) is 0 Å². The molecule has 1 aliphatic carbocycles. The van der Waals surface area contributed by atoms with Crippen molar-refractivity contribution in [2.75, 3.05) is 0 Å². The zero-order valence-corrected chi connectivity index (χ0v) is 31.0. The lowest BCUT2D eigenvalue weighted by molar-refractivity contribution is 0.660. The SMILES string of the molecule is CC1(C)c2ccccc2-c2cc(-c3ccc4c(c3)oc3c(-c5nc(-c6ccccc6)nc(-c6cccc(-c7ccccc7)c6)n5)cc5ccccc5c34)ccc21. The minimum atomic E-state index is -0.0371. The Balaban J connectivity index is 1.11. The van der Waals surface area contributed by atoms with Crippen LogP contribution >= 0.6 is 0 Å². The van der Waals surface area contributed by atoms with Crippen molar-refractivity contribution < 1.29 is 4.42 Å². The van der Waals surface area contributed by atoms with Crippen LogP contribution in [0, 0.1) is 0 Å². The Hall–Kier alpha value is -7.17. The van der Waals surface area contributed by atoms with Crippen LogP contribution in [0.1, 0.15) is 25.0 Å². The standard InChI is InChI=1S/C52H35N3O/c1-52(2)44-23-12-11-22-40(44)42-29-35(25-27-45(42)52)36-24-26-41-46(31-36)56-48-43(30-37-18-9-10-21-39(37)47(41)48)51-54-49(33-16-7-4-8-17-33)53-50(55-51)38-20-13-19-34(28-38)32-14-5-3-6-15-32/h3-31H,1-2H3. The molecule has 10 aromatic rings. The average molecular weight is 718 g/mol. The first-order chi connectivity index (χ1) is 27.5. The summed E-state index contributed by atoms with van der Waals surface area (Å²) < 4.78 is 6.96. The average Bonchev–Trinajstić information content (AvgIpc) is 3.76. The monoisotopic (exact) mass is 717 g/mol. The predicted molar refractivity (Wildman–Crippen MR) is 229 cm³/mol. The van der Waals surface area contributed by atoms with Crippen molar-refractivity contribution in [2.45, 2.75) is 19.3 Å². The number of furan rings is 1. The molecule has 1 aliphatic rings. The van der Waals surface area contributed by atoms with Crippen molar-refractivity contribution in [1.82, 2.24) is 15.0 Å². The fraction of sp³-hybridized carbons (Fsp3) is 0.0577. The minimum absolute atomic E-state index is 0.0371. The van der Waals surface area contributed by atoms with Gasteiger partial charge in [0.2, 0.25) is 0 Å². The summed E-state index contributed by atoms with van der Waals surface area (Å²) in [6.07, 6.45) is 0. The van der Waals surface area contributed by atoms with E-state index >= 15 is 0 Å². The van der Waals surface area contributed by atoms with Gasteiger partial charge in [-0.25, -0.2) is 15.0 Å². The summed E-state index contributed by atoms with van der Waals surface area (Å²) in [5.74, 6) is 1.78. The number of rotatable bonds is 5. The third kappa shape index (κ3) is 5.10. The molecule has 2 aromatic heterocycles. The highest BCUT2D eigenvalue weighted by Gasteiger charge is 2.35. The largest absolute Gasteiger partial charge is 0.455 e. The van der Waals surface area contributed by atoms with E-state index in [0.29, 0.717) is 17.5 Å². The van der Waals surface area contributed by atoms with E-state index in [-0.39, 0.29) is 5.41 Å². The molecule has 0 saturated heterocycles. The Morgan fingerprint density at radius 2 is 1.00 bits per heavy atom. The highest BCUT2D eigenvalue weighted by atomic mass is 16.3. The maximum Gasteiger partial charge on any atom is 0.167 e. The lowest BCUT2D eigenvalue weighted by Crippen LogP contribution is -2.14. The fourth-order valence-electron chi connectivity index (χ4n) is 8.68. The highest BCUT2D eigenvalue weighted by molar-refractivity contribution is 6.22. The number of benzene rings is 8. The minimum Gasteiger partial charge on any atom is -0.455 e. The molecule has 0 unspecified atom stereocenters. The van der Waals surface area contributed by atoms with Crippen LogP contribution in [0.25, 0.3) is 100 Å². The molecule has 56 heavy (non-hydrogen) atoms. The van der Waals surface area contributed by atoms with E-state index in [2.05, 4.69) is 153 Å². The molecular formula is C52H35N3O. The molecule has 4 heteroatoms. The number of hydrogen-bond acceptors (Lipinski definition) is 4. The third-order valence-electron chi connectivity index (χ3n) is 11.5. The second-order valence-electron chi connectivity index (χ2n) is 15.2. The van der Waals surface area contributed by atoms with Crippen LogP contribution in [-0.2, 0) is 5.41 Å². The number of hydrogen-bond donors (Lipinski definition) is 0. The molecule has 0 spiro atoms. The number of aromatic nitrogens is 3. The van der Waals surface area contributed by atoms with E-state index < -0.39 is 0 Å². The van der Waals surface area contributed by atoms with Gasteiger partial charge >= 0.3 is 0 Å². The fourth-order valence-corrected chi connectivity index (χ4v) is 8.68. The summed E-state index contributed by atoms with van der Waals surface area (Å²) >= 11 is 0. The normalized spacial score (nSPS) is 13.0. The summed E-state index contributed by atoms with van der Waals surface area (Å²) in [4.78, 5) is 15.4. The van der Waals surface area contributed by atoms with Gasteiger partial charge in [0.05, 0.1) is 5.56 Å². The maximum absolute atomic E-state index is 6.96. The number of nitrogens with zero attached hydrogens (tertiary/aromatic N) is 3.